The molecule has 0 spiro atoms. The summed E-state index contributed by atoms with van der Waals surface area (Å²) in [6.07, 6.45) is 3.08. The summed E-state index contributed by atoms with van der Waals surface area (Å²) in [5, 5.41) is 4.49. The molecule has 2 aromatic carbocycles. The van der Waals surface area contributed by atoms with E-state index < -0.39 is 0 Å². The number of hydrogen-bond acceptors (Lipinski definition) is 4. The van der Waals surface area contributed by atoms with Crippen LogP contribution in [0.5, 0.6) is 5.75 Å². The van der Waals surface area contributed by atoms with E-state index in [0.717, 1.165) is 18.7 Å². The van der Waals surface area contributed by atoms with Gasteiger partial charge in [0, 0.05) is 23.2 Å². The van der Waals surface area contributed by atoms with Gasteiger partial charge in [-0.25, -0.2) is 0 Å². The Hall–Kier alpha value is -1.49. The number of fused-ring (bicyclic) bond motifs is 1. The number of benzene rings is 2. The van der Waals surface area contributed by atoms with E-state index in [2.05, 4.69) is 64.7 Å². The van der Waals surface area contributed by atoms with Crippen LogP contribution in [0.25, 0.3) is 10.8 Å². The van der Waals surface area contributed by atoms with Gasteiger partial charge in [-0.1, -0.05) is 54.4 Å². The first-order valence-corrected chi connectivity index (χ1v) is 9.42. The van der Waals surface area contributed by atoms with Gasteiger partial charge in [0.1, 0.15) is 11.9 Å². The molecule has 1 heterocycles. The molecule has 0 aliphatic rings. The molecule has 0 aliphatic carbocycles. The second kappa shape index (κ2) is 7.68. The minimum absolute atomic E-state index is 0.0884. The Balaban J connectivity index is 1.85. The first-order valence-electron chi connectivity index (χ1n) is 7.32. The molecule has 3 aromatic rings. The number of nitrogens with one attached hydrogen (secondary N) is 1. The number of rotatable bonds is 7. The molecule has 0 saturated carbocycles. The summed E-state index contributed by atoms with van der Waals surface area (Å²) in [5.74, 6) is 0.959. The van der Waals surface area contributed by atoms with E-state index in [-0.39, 0.29) is 6.10 Å². The monoisotopic (exact) mass is 329 g/mol. The molecule has 1 unspecified atom stereocenters. The average Bonchev–Trinajstić information content (AvgIpc) is 3.09. The third-order valence-corrected chi connectivity index (χ3v) is 4.99. The molecule has 0 radical (unpaired) electrons. The second-order valence-corrected chi connectivity index (χ2v) is 6.66. The van der Waals surface area contributed by atoms with Gasteiger partial charge in [-0.2, -0.15) is 0 Å². The van der Waals surface area contributed by atoms with Crippen molar-refractivity contribution >= 4 is 34.1 Å². The van der Waals surface area contributed by atoms with Gasteiger partial charge >= 0.3 is 0 Å². The summed E-state index contributed by atoms with van der Waals surface area (Å²) in [4.78, 5) is 1.27. The molecule has 1 N–H and O–H groups in total. The molecule has 1 atom stereocenters. The third kappa shape index (κ3) is 3.64. The van der Waals surface area contributed by atoms with Crippen LogP contribution >= 0.6 is 23.3 Å². The van der Waals surface area contributed by atoms with Crippen molar-refractivity contribution in [2.24, 2.45) is 0 Å². The molecule has 0 fully saturated rings. The van der Waals surface area contributed by atoms with Crippen molar-refractivity contribution in [3.8, 4) is 5.75 Å². The Morgan fingerprint density at radius 3 is 2.77 bits per heavy atom. The highest BCUT2D eigenvalue weighted by Gasteiger charge is 2.15. The van der Waals surface area contributed by atoms with Gasteiger partial charge in [-0.3, -0.25) is 4.72 Å². The Bertz CT molecular complexity index is 707. The molecule has 114 valence electrons. The van der Waals surface area contributed by atoms with Crippen molar-refractivity contribution in [1.29, 1.82) is 0 Å². The third-order valence-electron chi connectivity index (χ3n) is 3.53. The van der Waals surface area contributed by atoms with Crippen molar-refractivity contribution in [2.75, 3.05) is 12.8 Å². The Labute approximate surface area is 139 Å². The summed E-state index contributed by atoms with van der Waals surface area (Å²) >= 11 is 3.40. The maximum atomic E-state index is 6.38. The lowest BCUT2D eigenvalue weighted by Gasteiger charge is -2.19. The summed E-state index contributed by atoms with van der Waals surface area (Å²) in [6.45, 7) is 0.925. The molecule has 0 amide bonds. The summed E-state index contributed by atoms with van der Waals surface area (Å²) < 4.78 is 9.68. The van der Waals surface area contributed by atoms with Crippen LogP contribution in [0.2, 0.25) is 0 Å². The van der Waals surface area contributed by atoms with E-state index in [9.17, 15) is 0 Å². The number of thiophene rings is 1. The van der Waals surface area contributed by atoms with Gasteiger partial charge in [0.05, 0.1) is 0 Å². The number of ether oxygens (including phenoxy) is 1. The van der Waals surface area contributed by atoms with E-state index in [1.807, 2.05) is 6.26 Å². The van der Waals surface area contributed by atoms with Crippen LogP contribution in [0.3, 0.4) is 0 Å². The smallest absolute Gasteiger partial charge is 0.134 e. The van der Waals surface area contributed by atoms with Crippen LogP contribution in [-0.2, 0) is 0 Å². The zero-order valence-electron chi connectivity index (χ0n) is 12.5. The zero-order chi connectivity index (χ0) is 15.2. The lowest BCUT2D eigenvalue weighted by atomic mass is 10.1. The largest absolute Gasteiger partial charge is 0.484 e. The summed E-state index contributed by atoms with van der Waals surface area (Å²) in [5.41, 5.74) is 0. The van der Waals surface area contributed by atoms with Crippen molar-refractivity contribution in [3.63, 3.8) is 0 Å². The first kappa shape index (κ1) is 15.4. The van der Waals surface area contributed by atoms with E-state index in [1.54, 1.807) is 23.3 Å². The highest BCUT2D eigenvalue weighted by molar-refractivity contribution is 7.96. The first-order chi connectivity index (χ1) is 10.9. The second-order valence-electron chi connectivity index (χ2n) is 4.99. The Kier molecular flexibility index (Phi) is 5.38. The molecule has 0 bridgehead atoms. The van der Waals surface area contributed by atoms with E-state index >= 15 is 0 Å². The Morgan fingerprint density at radius 1 is 1.09 bits per heavy atom. The van der Waals surface area contributed by atoms with Gasteiger partial charge in [-0.15, -0.1) is 11.3 Å². The van der Waals surface area contributed by atoms with Crippen molar-refractivity contribution in [3.05, 3.63) is 64.9 Å². The summed E-state index contributed by atoms with van der Waals surface area (Å²) in [6, 6.07) is 18.8. The number of hydrogen-bond donors (Lipinski definition) is 1. The molecule has 1 aromatic heterocycles. The van der Waals surface area contributed by atoms with Crippen LogP contribution in [0.4, 0.5) is 0 Å². The van der Waals surface area contributed by atoms with Gasteiger partial charge in [0.15, 0.2) is 0 Å². The van der Waals surface area contributed by atoms with Crippen LogP contribution in [0.1, 0.15) is 17.4 Å². The topological polar surface area (TPSA) is 21.3 Å². The highest BCUT2D eigenvalue weighted by atomic mass is 32.2. The fraction of sp³-hybridized carbons (Fsp3) is 0.222. The normalized spacial score (nSPS) is 12.4. The van der Waals surface area contributed by atoms with Crippen LogP contribution in [-0.4, -0.2) is 12.8 Å². The van der Waals surface area contributed by atoms with Crippen molar-refractivity contribution < 1.29 is 4.74 Å². The lowest BCUT2D eigenvalue weighted by Crippen LogP contribution is -2.14. The fourth-order valence-corrected chi connectivity index (χ4v) is 3.59. The molecule has 22 heavy (non-hydrogen) atoms. The zero-order valence-corrected chi connectivity index (χ0v) is 14.1. The minimum Gasteiger partial charge on any atom is -0.484 e. The van der Waals surface area contributed by atoms with Gasteiger partial charge < -0.3 is 4.74 Å². The van der Waals surface area contributed by atoms with E-state index in [4.69, 9.17) is 4.74 Å². The fourth-order valence-electron chi connectivity index (χ4n) is 2.48. The molecular weight excluding hydrogens is 310 g/mol. The van der Waals surface area contributed by atoms with Crippen LogP contribution in [0.15, 0.2) is 60.0 Å². The van der Waals surface area contributed by atoms with Gasteiger partial charge in [0.25, 0.3) is 0 Å². The van der Waals surface area contributed by atoms with Gasteiger partial charge in [0.2, 0.25) is 0 Å². The van der Waals surface area contributed by atoms with Gasteiger partial charge in [-0.05, 0) is 29.2 Å². The standard InChI is InChI=1S/C18H19NOS2/c1-21-19-12-11-17(18-10-5-13-22-18)20-16-9-4-7-14-6-2-3-8-15(14)16/h2-10,13,17,19H,11-12H2,1H3. The predicted octanol–water partition coefficient (Wildman–Crippen LogP) is 5.28. The maximum Gasteiger partial charge on any atom is 0.134 e. The van der Waals surface area contributed by atoms with E-state index in [0.29, 0.717) is 0 Å². The molecule has 4 heteroatoms. The van der Waals surface area contributed by atoms with Crippen molar-refractivity contribution in [1.82, 2.24) is 4.72 Å². The minimum atomic E-state index is 0.0884. The molecular formula is C18H19NOS2. The highest BCUT2D eigenvalue weighted by Crippen LogP contribution is 2.32. The molecule has 0 saturated heterocycles. The lowest BCUT2D eigenvalue weighted by molar-refractivity contribution is 0.203. The van der Waals surface area contributed by atoms with E-state index in [1.165, 1.54) is 15.6 Å². The molecule has 0 aliphatic heterocycles. The van der Waals surface area contributed by atoms with Crippen LogP contribution < -0.4 is 9.46 Å². The molecule has 2 nitrogen and oxygen atoms in total. The molecule has 3 rings (SSSR count). The SMILES string of the molecule is CSNCCC(Oc1cccc2ccccc12)c1cccs1. The summed E-state index contributed by atoms with van der Waals surface area (Å²) in [7, 11) is 0. The Morgan fingerprint density at radius 2 is 1.95 bits per heavy atom. The average molecular weight is 329 g/mol. The van der Waals surface area contributed by atoms with Crippen LogP contribution in [0, 0.1) is 0 Å². The van der Waals surface area contributed by atoms with Crippen molar-refractivity contribution in [2.45, 2.75) is 12.5 Å². The quantitative estimate of drug-likeness (QED) is 0.471. The predicted molar refractivity (Wildman–Crippen MR) is 97.8 cm³/mol. The maximum absolute atomic E-state index is 6.38.